The Kier molecular flexibility index (Phi) is 5.72. The summed E-state index contributed by atoms with van der Waals surface area (Å²) in [7, 11) is -1.54. The Balaban J connectivity index is 1.55. The molecule has 3 nitrogen and oxygen atoms in total. The maximum Gasteiger partial charge on any atom is 0.146 e. The first-order valence-electron chi connectivity index (χ1n) is 14.2. The highest BCUT2D eigenvalue weighted by Crippen LogP contribution is 2.42. The number of benzene rings is 4. The molecule has 0 saturated heterocycles. The SMILES string of the molecule is CC(C)Cc1cc(-c2ccc(-n3c4ccccc4c4ccccc43)c3c2oc2ccccc23)ncc1[Si](C)(C)C. The lowest BCUT2D eigenvalue weighted by Gasteiger charge is -2.22. The standard InChI is InChI=1S/C36H34N2OSi/c1-23(2)20-24-21-29(37-22-34(24)40(3,4)5)27-18-19-32(35-28-14-8-11-17-33(28)39-36(27)35)38-30-15-9-6-12-25(30)26-13-7-10-16-31(26)38/h6-19,21-23H,20H2,1-5H3. The molecule has 4 heteroatoms. The molecule has 0 radical (unpaired) electrons. The van der Waals surface area contributed by atoms with Gasteiger partial charge in [-0.1, -0.05) is 88.1 Å². The summed E-state index contributed by atoms with van der Waals surface area (Å²) < 4.78 is 9.07. The van der Waals surface area contributed by atoms with Gasteiger partial charge in [0.05, 0.1) is 35.9 Å². The quantitative estimate of drug-likeness (QED) is 0.204. The van der Waals surface area contributed by atoms with Crippen molar-refractivity contribution in [2.75, 3.05) is 0 Å². The van der Waals surface area contributed by atoms with Crippen LogP contribution in [-0.4, -0.2) is 17.6 Å². The summed E-state index contributed by atoms with van der Waals surface area (Å²) in [5.41, 5.74) is 8.76. The van der Waals surface area contributed by atoms with Crippen molar-refractivity contribution < 1.29 is 4.42 Å². The van der Waals surface area contributed by atoms with Crippen LogP contribution >= 0.6 is 0 Å². The van der Waals surface area contributed by atoms with E-state index in [0.717, 1.165) is 45.3 Å². The zero-order valence-corrected chi connectivity index (χ0v) is 24.8. The van der Waals surface area contributed by atoms with Crippen LogP contribution in [0.3, 0.4) is 0 Å². The second-order valence-corrected chi connectivity index (χ2v) is 17.4. The molecular formula is C36H34N2OSi. The number of fused-ring (bicyclic) bond motifs is 6. The zero-order valence-electron chi connectivity index (χ0n) is 23.8. The molecule has 3 aromatic heterocycles. The lowest BCUT2D eigenvalue weighted by molar-refractivity contribution is 0.648. The molecule has 0 aliphatic heterocycles. The molecule has 7 rings (SSSR count). The van der Waals surface area contributed by atoms with Crippen LogP contribution in [0.2, 0.25) is 19.6 Å². The topological polar surface area (TPSA) is 31.0 Å². The smallest absolute Gasteiger partial charge is 0.146 e. The normalized spacial score (nSPS) is 12.4. The summed E-state index contributed by atoms with van der Waals surface area (Å²) >= 11 is 0. The van der Waals surface area contributed by atoms with Crippen molar-refractivity contribution in [1.82, 2.24) is 9.55 Å². The minimum atomic E-state index is -1.54. The molecule has 0 amide bonds. The predicted molar refractivity (Wildman–Crippen MR) is 173 cm³/mol. The summed E-state index contributed by atoms with van der Waals surface area (Å²) in [4.78, 5) is 5.06. The first-order valence-corrected chi connectivity index (χ1v) is 17.7. The number of para-hydroxylation sites is 3. The largest absolute Gasteiger partial charge is 0.455 e. The third-order valence-corrected chi connectivity index (χ3v) is 10.1. The first-order chi connectivity index (χ1) is 19.3. The van der Waals surface area contributed by atoms with E-state index in [1.54, 1.807) is 0 Å². The summed E-state index contributed by atoms with van der Waals surface area (Å²) in [6.07, 6.45) is 3.20. The summed E-state index contributed by atoms with van der Waals surface area (Å²) in [5, 5.41) is 6.21. The Morgan fingerprint density at radius 3 is 2.05 bits per heavy atom. The third kappa shape index (κ3) is 3.89. The van der Waals surface area contributed by atoms with Crippen molar-refractivity contribution in [3.8, 4) is 16.9 Å². The molecule has 4 aromatic carbocycles. The van der Waals surface area contributed by atoms with Gasteiger partial charge in [-0.15, -0.1) is 0 Å². The van der Waals surface area contributed by atoms with Gasteiger partial charge in [0.15, 0.2) is 0 Å². The van der Waals surface area contributed by atoms with Gasteiger partial charge in [-0.05, 0) is 59.5 Å². The fourth-order valence-corrected chi connectivity index (χ4v) is 7.90. The van der Waals surface area contributed by atoms with Crippen LogP contribution < -0.4 is 5.19 Å². The molecule has 0 unspecified atom stereocenters. The Hall–Kier alpha value is -4.15. The Morgan fingerprint density at radius 2 is 1.40 bits per heavy atom. The van der Waals surface area contributed by atoms with Crippen LogP contribution in [0.1, 0.15) is 19.4 Å². The van der Waals surface area contributed by atoms with Crippen molar-refractivity contribution in [2.45, 2.75) is 39.9 Å². The average Bonchev–Trinajstić information content (AvgIpc) is 3.48. The highest BCUT2D eigenvalue weighted by molar-refractivity contribution is 6.89. The van der Waals surface area contributed by atoms with Crippen LogP contribution in [0.15, 0.2) is 102 Å². The van der Waals surface area contributed by atoms with E-state index in [9.17, 15) is 0 Å². The van der Waals surface area contributed by atoms with Gasteiger partial charge < -0.3 is 8.98 Å². The molecule has 0 bridgehead atoms. The second-order valence-electron chi connectivity index (χ2n) is 12.4. The summed E-state index contributed by atoms with van der Waals surface area (Å²) in [6.45, 7) is 11.8. The lowest BCUT2D eigenvalue weighted by atomic mass is 9.99. The fraction of sp³-hybridized carbons (Fsp3) is 0.194. The maximum absolute atomic E-state index is 6.67. The molecule has 0 spiro atoms. The Bertz CT molecular complexity index is 2000. The number of rotatable bonds is 5. The Morgan fingerprint density at radius 1 is 0.775 bits per heavy atom. The van der Waals surface area contributed by atoms with Gasteiger partial charge in [0.25, 0.3) is 0 Å². The molecule has 0 saturated carbocycles. The molecular weight excluding hydrogens is 504 g/mol. The van der Waals surface area contributed by atoms with Crippen LogP contribution in [0, 0.1) is 5.92 Å². The van der Waals surface area contributed by atoms with Gasteiger partial charge in [0, 0.05) is 27.9 Å². The number of aromatic nitrogens is 2. The fourth-order valence-electron chi connectivity index (χ4n) is 6.31. The Labute approximate surface area is 236 Å². The van der Waals surface area contributed by atoms with E-state index in [2.05, 4.69) is 129 Å². The maximum atomic E-state index is 6.67. The van der Waals surface area contributed by atoms with Crippen LogP contribution in [0.4, 0.5) is 0 Å². The van der Waals surface area contributed by atoms with E-state index in [1.807, 2.05) is 6.07 Å². The van der Waals surface area contributed by atoms with Crippen molar-refractivity contribution >= 4 is 57.0 Å². The van der Waals surface area contributed by atoms with Crippen LogP contribution in [0.25, 0.3) is 60.7 Å². The number of hydrogen-bond donors (Lipinski definition) is 0. The highest BCUT2D eigenvalue weighted by atomic mass is 28.3. The first kappa shape index (κ1) is 24.9. The molecule has 0 aliphatic rings. The van der Waals surface area contributed by atoms with E-state index in [-0.39, 0.29) is 0 Å². The van der Waals surface area contributed by atoms with E-state index in [0.29, 0.717) is 5.92 Å². The monoisotopic (exact) mass is 538 g/mol. The van der Waals surface area contributed by atoms with Gasteiger partial charge in [0.1, 0.15) is 11.2 Å². The third-order valence-electron chi connectivity index (χ3n) is 8.03. The minimum absolute atomic E-state index is 0.578. The van der Waals surface area contributed by atoms with E-state index >= 15 is 0 Å². The van der Waals surface area contributed by atoms with Gasteiger partial charge in [-0.3, -0.25) is 4.98 Å². The van der Waals surface area contributed by atoms with E-state index < -0.39 is 8.07 Å². The average molecular weight is 539 g/mol. The molecule has 3 heterocycles. The molecule has 198 valence electrons. The number of furan rings is 1. The van der Waals surface area contributed by atoms with Crippen molar-refractivity contribution in [2.24, 2.45) is 5.92 Å². The van der Waals surface area contributed by atoms with Gasteiger partial charge in [-0.25, -0.2) is 0 Å². The molecule has 0 fully saturated rings. The summed E-state index contributed by atoms with van der Waals surface area (Å²) in [6, 6.07) is 32.5. The molecule has 0 atom stereocenters. The highest BCUT2D eigenvalue weighted by Gasteiger charge is 2.24. The van der Waals surface area contributed by atoms with E-state index in [4.69, 9.17) is 9.40 Å². The van der Waals surface area contributed by atoms with Crippen LogP contribution in [0.5, 0.6) is 0 Å². The van der Waals surface area contributed by atoms with Crippen molar-refractivity contribution in [3.05, 3.63) is 103 Å². The van der Waals surface area contributed by atoms with Crippen molar-refractivity contribution in [3.63, 3.8) is 0 Å². The molecule has 0 aliphatic carbocycles. The predicted octanol–water partition coefficient (Wildman–Crippen LogP) is 9.49. The van der Waals surface area contributed by atoms with Gasteiger partial charge in [-0.2, -0.15) is 0 Å². The summed E-state index contributed by atoms with van der Waals surface area (Å²) in [5.74, 6) is 0.578. The van der Waals surface area contributed by atoms with Gasteiger partial charge in [0.2, 0.25) is 0 Å². The molecule has 0 N–H and O–H groups in total. The second kappa shape index (κ2) is 9.21. The van der Waals surface area contributed by atoms with Crippen LogP contribution in [-0.2, 0) is 6.42 Å². The number of hydrogen-bond acceptors (Lipinski definition) is 2. The molecule has 7 aromatic rings. The number of nitrogens with zero attached hydrogens (tertiary/aromatic N) is 2. The number of pyridine rings is 1. The molecule has 40 heavy (non-hydrogen) atoms. The van der Waals surface area contributed by atoms with E-state index in [1.165, 1.54) is 32.6 Å². The zero-order chi connectivity index (χ0) is 27.6. The lowest BCUT2D eigenvalue weighted by Crippen LogP contribution is -2.40. The van der Waals surface area contributed by atoms with Crippen molar-refractivity contribution in [1.29, 1.82) is 0 Å². The minimum Gasteiger partial charge on any atom is -0.455 e. The van der Waals surface area contributed by atoms with Gasteiger partial charge >= 0.3 is 0 Å².